The zero-order valence-corrected chi connectivity index (χ0v) is 6.59. The summed E-state index contributed by atoms with van der Waals surface area (Å²) >= 11 is 0. The standard InChI is InChI=1S/C8H9F2NO/c1-5-2-7(8(9)10)11-3-6(5)4-12/h2-3,8,12H,4H2,1H3. The lowest BCUT2D eigenvalue weighted by Crippen LogP contribution is -1.95. The van der Waals surface area contributed by atoms with Crippen LogP contribution < -0.4 is 0 Å². The third-order valence-electron chi connectivity index (χ3n) is 1.63. The van der Waals surface area contributed by atoms with Crippen LogP contribution in [0.1, 0.15) is 23.2 Å². The molecule has 0 aliphatic rings. The first-order chi connectivity index (χ1) is 5.65. The van der Waals surface area contributed by atoms with Crippen molar-refractivity contribution in [2.24, 2.45) is 0 Å². The highest BCUT2D eigenvalue weighted by Gasteiger charge is 2.09. The lowest BCUT2D eigenvalue weighted by atomic mass is 10.1. The summed E-state index contributed by atoms with van der Waals surface area (Å²) in [5.74, 6) is 0. The predicted molar refractivity (Wildman–Crippen MR) is 39.9 cm³/mol. The Labute approximate surface area is 68.9 Å². The van der Waals surface area contributed by atoms with Gasteiger partial charge < -0.3 is 5.11 Å². The highest BCUT2D eigenvalue weighted by atomic mass is 19.3. The van der Waals surface area contributed by atoms with E-state index in [1.807, 2.05) is 0 Å². The second-order valence-electron chi connectivity index (χ2n) is 2.49. The zero-order chi connectivity index (χ0) is 9.14. The molecule has 1 heterocycles. The van der Waals surface area contributed by atoms with Gasteiger partial charge in [0.1, 0.15) is 5.69 Å². The van der Waals surface area contributed by atoms with Crippen molar-refractivity contribution in [2.75, 3.05) is 0 Å². The van der Waals surface area contributed by atoms with Gasteiger partial charge in [0.05, 0.1) is 6.61 Å². The second kappa shape index (κ2) is 3.58. The Morgan fingerprint density at radius 3 is 2.67 bits per heavy atom. The Hall–Kier alpha value is -1.03. The molecule has 1 rings (SSSR count). The van der Waals surface area contributed by atoms with E-state index in [2.05, 4.69) is 4.98 Å². The highest BCUT2D eigenvalue weighted by Crippen LogP contribution is 2.18. The van der Waals surface area contributed by atoms with Gasteiger partial charge in [0.2, 0.25) is 0 Å². The summed E-state index contributed by atoms with van der Waals surface area (Å²) in [4.78, 5) is 3.50. The van der Waals surface area contributed by atoms with Gasteiger partial charge in [0, 0.05) is 6.20 Å². The molecule has 0 unspecified atom stereocenters. The molecule has 0 amide bonds. The van der Waals surface area contributed by atoms with E-state index >= 15 is 0 Å². The second-order valence-corrected chi connectivity index (χ2v) is 2.49. The van der Waals surface area contributed by atoms with Gasteiger partial charge in [-0.3, -0.25) is 4.98 Å². The van der Waals surface area contributed by atoms with E-state index in [1.54, 1.807) is 6.92 Å². The molecule has 12 heavy (non-hydrogen) atoms. The molecule has 0 aliphatic carbocycles. The van der Waals surface area contributed by atoms with E-state index in [4.69, 9.17) is 5.11 Å². The van der Waals surface area contributed by atoms with Gasteiger partial charge in [-0.1, -0.05) is 0 Å². The van der Waals surface area contributed by atoms with E-state index in [-0.39, 0.29) is 12.3 Å². The normalized spacial score (nSPS) is 10.8. The molecule has 0 aromatic carbocycles. The molecular weight excluding hydrogens is 164 g/mol. The zero-order valence-electron chi connectivity index (χ0n) is 6.59. The Morgan fingerprint density at radius 2 is 2.25 bits per heavy atom. The fraction of sp³-hybridized carbons (Fsp3) is 0.375. The van der Waals surface area contributed by atoms with Crippen LogP contribution in [-0.4, -0.2) is 10.1 Å². The average molecular weight is 173 g/mol. The smallest absolute Gasteiger partial charge is 0.280 e. The van der Waals surface area contributed by atoms with Crippen molar-refractivity contribution >= 4 is 0 Å². The number of hydrogen-bond acceptors (Lipinski definition) is 2. The maximum Gasteiger partial charge on any atom is 0.280 e. The number of aromatic nitrogens is 1. The molecule has 66 valence electrons. The van der Waals surface area contributed by atoms with Gasteiger partial charge in [-0.2, -0.15) is 0 Å². The highest BCUT2D eigenvalue weighted by molar-refractivity contribution is 5.24. The minimum atomic E-state index is -2.54. The largest absolute Gasteiger partial charge is 0.392 e. The van der Waals surface area contributed by atoms with E-state index in [9.17, 15) is 8.78 Å². The minimum Gasteiger partial charge on any atom is -0.392 e. The molecule has 2 nitrogen and oxygen atoms in total. The van der Waals surface area contributed by atoms with E-state index in [0.717, 1.165) is 0 Å². The molecule has 0 saturated heterocycles. The van der Waals surface area contributed by atoms with Crippen molar-refractivity contribution in [1.29, 1.82) is 0 Å². The fourth-order valence-electron chi connectivity index (χ4n) is 0.891. The van der Waals surface area contributed by atoms with Crippen LogP contribution >= 0.6 is 0 Å². The Bertz CT molecular complexity index is 276. The third-order valence-corrected chi connectivity index (χ3v) is 1.63. The molecule has 0 bridgehead atoms. The van der Waals surface area contributed by atoms with Crippen molar-refractivity contribution in [3.63, 3.8) is 0 Å². The van der Waals surface area contributed by atoms with Crippen LogP contribution in [0.25, 0.3) is 0 Å². The number of pyridine rings is 1. The average Bonchev–Trinajstić information content (AvgIpc) is 2.04. The van der Waals surface area contributed by atoms with Gasteiger partial charge in [0.15, 0.2) is 0 Å². The number of aliphatic hydroxyl groups excluding tert-OH is 1. The summed E-state index contributed by atoms with van der Waals surface area (Å²) in [6, 6.07) is 1.29. The molecule has 1 aromatic heterocycles. The van der Waals surface area contributed by atoms with E-state index in [1.165, 1.54) is 12.3 Å². The summed E-state index contributed by atoms with van der Waals surface area (Å²) < 4.78 is 24.1. The van der Waals surface area contributed by atoms with Gasteiger partial charge >= 0.3 is 0 Å². The first-order valence-electron chi connectivity index (χ1n) is 3.49. The number of rotatable bonds is 2. The van der Waals surface area contributed by atoms with Crippen molar-refractivity contribution < 1.29 is 13.9 Å². The fourth-order valence-corrected chi connectivity index (χ4v) is 0.891. The van der Waals surface area contributed by atoms with E-state index in [0.29, 0.717) is 11.1 Å². The van der Waals surface area contributed by atoms with Gasteiger partial charge in [-0.05, 0) is 24.1 Å². The summed E-state index contributed by atoms with van der Waals surface area (Å²) in [5.41, 5.74) is 0.979. The molecule has 0 atom stereocenters. The molecule has 0 saturated carbocycles. The lowest BCUT2D eigenvalue weighted by molar-refractivity contribution is 0.146. The number of hydrogen-bond donors (Lipinski definition) is 1. The third kappa shape index (κ3) is 1.76. The number of aliphatic hydroxyl groups is 1. The molecule has 0 spiro atoms. The van der Waals surface area contributed by atoms with Crippen molar-refractivity contribution in [3.05, 3.63) is 29.1 Å². The number of halogens is 2. The van der Waals surface area contributed by atoms with Gasteiger partial charge in [-0.15, -0.1) is 0 Å². The Kier molecular flexibility index (Phi) is 2.70. The predicted octanol–water partition coefficient (Wildman–Crippen LogP) is 1.82. The van der Waals surface area contributed by atoms with Crippen LogP contribution in [0.2, 0.25) is 0 Å². The topological polar surface area (TPSA) is 33.1 Å². The SMILES string of the molecule is Cc1cc(C(F)F)ncc1CO. The van der Waals surface area contributed by atoms with Crippen molar-refractivity contribution in [2.45, 2.75) is 20.0 Å². The molecule has 0 aliphatic heterocycles. The number of alkyl halides is 2. The van der Waals surface area contributed by atoms with Gasteiger partial charge in [-0.25, -0.2) is 8.78 Å². The van der Waals surface area contributed by atoms with Gasteiger partial charge in [0.25, 0.3) is 6.43 Å². The summed E-state index contributed by atoms with van der Waals surface area (Å²) in [6.45, 7) is 1.50. The van der Waals surface area contributed by atoms with Crippen LogP contribution in [-0.2, 0) is 6.61 Å². The summed E-state index contributed by atoms with van der Waals surface area (Å²) in [6.07, 6.45) is -1.27. The first-order valence-corrected chi connectivity index (χ1v) is 3.49. The monoisotopic (exact) mass is 173 g/mol. The molecule has 1 aromatic rings. The first kappa shape index (κ1) is 9.06. The molecule has 0 fully saturated rings. The van der Waals surface area contributed by atoms with Crippen molar-refractivity contribution in [3.8, 4) is 0 Å². The lowest BCUT2D eigenvalue weighted by Gasteiger charge is -2.03. The quantitative estimate of drug-likeness (QED) is 0.739. The molecule has 0 radical (unpaired) electrons. The minimum absolute atomic E-state index is 0.164. The van der Waals surface area contributed by atoms with Crippen LogP contribution in [0, 0.1) is 6.92 Å². The van der Waals surface area contributed by atoms with E-state index < -0.39 is 6.43 Å². The van der Waals surface area contributed by atoms with Crippen LogP contribution in [0.5, 0.6) is 0 Å². The maximum absolute atomic E-state index is 12.1. The number of aryl methyl sites for hydroxylation is 1. The van der Waals surface area contributed by atoms with Crippen LogP contribution in [0.3, 0.4) is 0 Å². The summed E-state index contributed by atoms with van der Waals surface area (Å²) in [7, 11) is 0. The Balaban J connectivity index is 3.02. The summed E-state index contributed by atoms with van der Waals surface area (Å²) in [5, 5.41) is 8.72. The molecule has 1 N–H and O–H groups in total. The van der Waals surface area contributed by atoms with Crippen LogP contribution in [0.4, 0.5) is 8.78 Å². The molecule has 4 heteroatoms. The maximum atomic E-state index is 12.1. The molecular formula is C8H9F2NO. The van der Waals surface area contributed by atoms with Crippen molar-refractivity contribution in [1.82, 2.24) is 4.98 Å². The Morgan fingerprint density at radius 1 is 1.58 bits per heavy atom. The van der Waals surface area contributed by atoms with Crippen LogP contribution in [0.15, 0.2) is 12.3 Å². The number of nitrogens with zero attached hydrogens (tertiary/aromatic N) is 1.